The molecule has 0 radical (unpaired) electrons. The first-order chi connectivity index (χ1) is 6.04. The predicted molar refractivity (Wildman–Crippen MR) is 59.9 cm³/mol. The number of halogens is 2. The van der Waals surface area contributed by atoms with Crippen LogP contribution in [0.3, 0.4) is 0 Å². The molecule has 0 bridgehead atoms. The van der Waals surface area contributed by atoms with E-state index in [0.717, 1.165) is 8.95 Å². The van der Waals surface area contributed by atoms with E-state index in [1.165, 1.54) is 0 Å². The first-order valence-electron chi connectivity index (χ1n) is 3.69. The second-order valence-electron chi connectivity index (χ2n) is 2.80. The third-order valence-electron chi connectivity index (χ3n) is 1.59. The predicted octanol–water partition coefficient (Wildman–Crippen LogP) is 2.91. The fourth-order valence-corrected chi connectivity index (χ4v) is 1.71. The van der Waals surface area contributed by atoms with Crippen molar-refractivity contribution < 1.29 is 4.79 Å². The Balaban J connectivity index is 3.15. The standard InChI is InChI=1S/C9H9Br2NO/c1-12(2)9(13)6-4-3-5-7(10)8(6)11/h3-5H,1-2H3. The molecule has 1 amide bonds. The second-order valence-corrected chi connectivity index (χ2v) is 4.45. The number of rotatable bonds is 1. The lowest BCUT2D eigenvalue weighted by atomic mass is 10.2. The zero-order valence-corrected chi connectivity index (χ0v) is 10.5. The number of hydrogen-bond donors (Lipinski definition) is 0. The van der Waals surface area contributed by atoms with Gasteiger partial charge < -0.3 is 4.90 Å². The molecule has 4 heteroatoms. The molecule has 0 heterocycles. The van der Waals surface area contributed by atoms with Gasteiger partial charge in [-0.3, -0.25) is 4.79 Å². The lowest BCUT2D eigenvalue weighted by molar-refractivity contribution is 0.0826. The Morgan fingerprint density at radius 1 is 1.31 bits per heavy atom. The van der Waals surface area contributed by atoms with Crippen molar-refractivity contribution in [1.29, 1.82) is 0 Å². The van der Waals surface area contributed by atoms with Crippen LogP contribution in [0.25, 0.3) is 0 Å². The summed E-state index contributed by atoms with van der Waals surface area (Å²) in [4.78, 5) is 13.1. The van der Waals surface area contributed by atoms with E-state index in [9.17, 15) is 4.79 Å². The zero-order chi connectivity index (χ0) is 10.0. The van der Waals surface area contributed by atoms with Crippen LogP contribution in [-0.2, 0) is 0 Å². The highest BCUT2D eigenvalue weighted by atomic mass is 79.9. The summed E-state index contributed by atoms with van der Waals surface area (Å²) in [5.74, 6) is -0.00632. The molecule has 13 heavy (non-hydrogen) atoms. The van der Waals surface area contributed by atoms with Crippen molar-refractivity contribution in [2.75, 3.05) is 14.1 Å². The van der Waals surface area contributed by atoms with Gasteiger partial charge in [0.25, 0.3) is 5.91 Å². The summed E-state index contributed by atoms with van der Waals surface area (Å²) < 4.78 is 1.69. The minimum atomic E-state index is -0.00632. The van der Waals surface area contributed by atoms with Gasteiger partial charge in [0.1, 0.15) is 0 Å². The van der Waals surface area contributed by atoms with E-state index in [1.54, 1.807) is 25.1 Å². The first-order valence-corrected chi connectivity index (χ1v) is 5.28. The largest absolute Gasteiger partial charge is 0.345 e. The number of benzene rings is 1. The average Bonchev–Trinajstić information content (AvgIpc) is 2.08. The number of nitrogens with zero attached hydrogens (tertiary/aromatic N) is 1. The fraction of sp³-hybridized carbons (Fsp3) is 0.222. The monoisotopic (exact) mass is 305 g/mol. The van der Waals surface area contributed by atoms with Crippen molar-refractivity contribution in [3.63, 3.8) is 0 Å². The van der Waals surface area contributed by atoms with Crippen LogP contribution in [-0.4, -0.2) is 24.9 Å². The second kappa shape index (κ2) is 4.24. The molecule has 1 rings (SSSR count). The van der Waals surface area contributed by atoms with Crippen molar-refractivity contribution >= 4 is 37.8 Å². The number of hydrogen-bond acceptors (Lipinski definition) is 1. The quantitative estimate of drug-likeness (QED) is 0.781. The van der Waals surface area contributed by atoms with Gasteiger partial charge in [-0.05, 0) is 44.0 Å². The van der Waals surface area contributed by atoms with Gasteiger partial charge in [0, 0.05) is 23.0 Å². The van der Waals surface area contributed by atoms with Gasteiger partial charge in [-0.2, -0.15) is 0 Å². The highest BCUT2D eigenvalue weighted by molar-refractivity contribution is 9.13. The molecule has 2 nitrogen and oxygen atoms in total. The molecule has 0 aromatic heterocycles. The van der Waals surface area contributed by atoms with Crippen molar-refractivity contribution in [3.05, 3.63) is 32.7 Å². The van der Waals surface area contributed by atoms with Gasteiger partial charge in [-0.1, -0.05) is 6.07 Å². The summed E-state index contributed by atoms with van der Waals surface area (Å²) in [6.07, 6.45) is 0. The molecule has 0 atom stereocenters. The lowest BCUT2D eigenvalue weighted by Gasteiger charge is -2.11. The molecule has 0 aliphatic carbocycles. The molecule has 0 saturated heterocycles. The Bertz CT molecular complexity index is 336. The zero-order valence-electron chi connectivity index (χ0n) is 7.34. The third kappa shape index (κ3) is 2.31. The van der Waals surface area contributed by atoms with E-state index in [0.29, 0.717) is 5.56 Å². The number of carbonyl (C=O) groups is 1. The summed E-state index contributed by atoms with van der Waals surface area (Å²) in [7, 11) is 3.46. The molecular formula is C9H9Br2NO. The minimum absolute atomic E-state index is 0.00632. The fourth-order valence-electron chi connectivity index (χ4n) is 0.910. The lowest BCUT2D eigenvalue weighted by Crippen LogP contribution is -2.22. The summed E-state index contributed by atoms with van der Waals surface area (Å²) in [5.41, 5.74) is 0.666. The SMILES string of the molecule is CN(C)C(=O)c1cccc(Br)c1Br. The Kier molecular flexibility index (Phi) is 3.50. The van der Waals surface area contributed by atoms with E-state index in [2.05, 4.69) is 31.9 Å². The normalized spacial score (nSPS) is 9.85. The van der Waals surface area contributed by atoms with Gasteiger partial charge >= 0.3 is 0 Å². The molecular weight excluding hydrogens is 298 g/mol. The summed E-state index contributed by atoms with van der Waals surface area (Å²) in [6, 6.07) is 5.51. The maximum Gasteiger partial charge on any atom is 0.254 e. The van der Waals surface area contributed by atoms with Gasteiger partial charge in [-0.25, -0.2) is 0 Å². The molecule has 0 N–H and O–H groups in total. The van der Waals surface area contributed by atoms with Crippen molar-refractivity contribution in [2.24, 2.45) is 0 Å². The molecule has 0 aliphatic rings. The first kappa shape index (κ1) is 10.7. The molecule has 0 spiro atoms. The van der Waals surface area contributed by atoms with Crippen molar-refractivity contribution in [2.45, 2.75) is 0 Å². The van der Waals surface area contributed by atoms with E-state index in [4.69, 9.17) is 0 Å². The van der Waals surface area contributed by atoms with Crippen LogP contribution in [0.5, 0.6) is 0 Å². The molecule has 0 fully saturated rings. The Morgan fingerprint density at radius 3 is 2.46 bits per heavy atom. The Labute approximate surface area is 94.2 Å². The summed E-state index contributed by atoms with van der Waals surface area (Å²) in [5, 5.41) is 0. The molecule has 0 saturated carbocycles. The molecule has 0 unspecified atom stereocenters. The smallest absolute Gasteiger partial charge is 0.254 e. The van der Waals surface area contributed by atoms with Crippen LogP contribution in [0.4, 0.5) is 0 Å². The van der Waals surface area contributed by atoms with Crippen molar-refractivity contribution in [1.82, 2.24) is 4.90 Å². The van der Waals surface area contributed by atoms with E-state index in [-0.39, 0.29) is 5.91 Å². The van der Waals surface area contributed by atoms with Crippen LogP contribution in [0.15, 0.2) is 27.1 Å². The van der Waals surface area contributed by atoms with Gasteiger partial charge in [0.15, 0.2) is 0 Å². The van der Waals surface area contributed by atoms with Crippen LogP contribution in [0.2, 0.25) is 0 Å². The topological polar surface area (TPSA) is 20.3 Å². The van der Waals surface area contributed by atoms with Gasteiger partial charge in [0.05, 0.1) is 5.56 Å². The van der Waals surface area contributed by atoms with Crippen LogP contribution in [0.1, 0.15) is 10.4 Å². The van der Waals surface area contributed by atoms with Crippen LogP contribution >= 0.6 is 31.9 Å². The number of carbonyl (C=O) groups excluding carboxylic acids is 1. The highest BCUT2D eigenvalue weighted by Gasteiger charge is 2.12. The molecule has 0 aliphatic heterocycles. The van der Waals surface area contributed by atoms with Crippen LogP contribution < -0.4 is 0 Å². The maximum absolute atomic E-state index is 11.6. The molecule has 1 aromatic rings. The Morgan fingerprint density at radius 2 is 1.92 bits per heavy atom. The van der Waals surface area contributed by atoms with Crippen molar-refractivity contribution in [3.8, 4) is 0 Å². The Hall–Kier alpha value is -0.350. The third-order valence-corrected chi connectivity index (χ3v) is 3.64. The average molecular weight is 307 g/mol. The van der Waals surface area contributed by atoms with E-state index >= 15 is 0 Å². The van der Waals surface area contributed by atoms with Gasteiger partial charge in [-0.15, -0.1) is 0 Å². The van der Waals surface area contributed by atoms with E-state index < -0.39 is 0 Å². The highest BCUT2D eigenvalue weighted by Crippen LogP contribution is 2.26. The van der Waals surface area contributed by atoms with Crippen LogP contribution in [0, 0.1) is 0 Å². The molecule has 1 aromatic carbocycles. The summed E-state index contributed by atoms with van der Waals surface area (Å²) >= 11 is 6.70. The van der Waals surface area contributed by atoms with E-state index in [1.807, 2.05) is 12.1 Å². The molecule has 70 valence electrons. The number of amides is 1. The maximum atomic E-state index is 11.6. The van der Waals surface area contributed by atoms with Gasteiger partial charge in [0.2, 0.25) is 0 Å². The summed E-state index contributed by atoms with van der Waals surface area (Å²) in [6.45, 7) is 0. The minimum Gasteiger partial charge on any atom is -0.345 e.